The van der Waals surface area contributed by atoms with Gasteiger partial charge in [-0.25, -0.2) is 19.2 Å². The van der Waals surface area contributed by atoms with Gasteiger partial charge >= 0.3 is 6.09 Å². The lowest BCUT2D eigenvalue weighted by molar-refractivity contribution is 0.0240. The number of hydrogen-bond donors (Lipinski definition) is 1. The van der Waals surface area contributed by atoms with E-state index in [4.69, 9.17) is 4.74 Å². The van der Waals surface area contributed by atoms with Gasteiger partial charge in [0, 0.05) is 32.7 Å². The number of carbonyl (C=O) groups excluding carboxylic acids is 1. The second kappa shape index (κ2) is 8.41. The van der Waals surface area contributed by atoms with E-state index >= 15 is 0 Å². The summed E-state index contributed by atoms with van der Waals surface area (Å²) in [6.07, 6.45) is 3.17. The minimum atomic E-state index is -0.492. The first-order valence-corrected chi connectivity index (χ1v) is 9.33. The minimum absolute atomic E-state index is 0.247. The lowest BCUT2D eigenvalue weighted by Gasteiger charge is -2.35. The number of nitrogens with zero attached hydrogens (tertiary/aromatic N) is 4. The van der Waals surface area contributed by atoms with Crippen LogP contribution in [0.15, 0.2) is 36.7 Å². The fraction of sp³-hybridized carbons (Fsp3) is 0.450. The Bertz CT molecular complexity index is 782. The molecule has 8 heteroatoms. The van der Waals surface area contributed by atoms with Crippen LogP contribution in [0.4, 0.5) is 20.8 Å². The summed E-state index contributed by atoms with van der Waals surface area (Å²) in [5.41, 5.74) is 1.28. The summed E-state index contributed by atoms with van der Waals surface area (Å²) in [6, 6.07) is 6.35. The monoisotopic (exact) mass is 387 g/mol. The van der Waals surface area contributed by atoms with Gasteiger partial charge in [-0.1, -0.05) is 12.1 Å². The quantitative estimate of drug-likeness (QED) is 0.868. The van der Waals surface area contributed by atoms with Gasteiger partial charge in [-0.05, 0) is 38.5 Å². The average Bonchev–Trinajstić information content (AvgIpc) is 2.67. The lowest BCUT2D eigenvalue weighted by Crippen LogP contribution is -2.50. The molecule has 0 spiro atoms. The molecule has 0 saturated carbocycles. The predicted molar refractivity (Wildman–Crippen MR) is 106 cm³/mol. The maximum atomic E-state index is 12.9. The Balaban J connectivity index is 1.49. The molecular weight excluding hydrogens is 361 g/mol. The zero-order chi connectivity index (χ0) is 20.1. The number of aromatic nitrogens is 2. The molecule has 7 nitrogen and oxygen atoms in total. The molecule has 3 rings (SSSR count). The van der Waals surface area contributed by atoms with Crippen molar-refractivity contribution < 1.29 is 13.9 Å². The van der Waals surface area contributed by atoms with Gasteiger partial charge in [0.2, 0.25) is 5.95 Å². The largest absolute Gasteiger partial charge is 0.444 e. The minimum Gasteiger partial charge on any atom is -0.444 e. The summed E-state index contributed by atoms with van der Waals surface area (Å²) >= 11 is 0. The number of anilines is 2. The number of nitrogens with one attached hydrogen (secondary N) is 1. The molecule has 1 amide bonds. The van der Waals surface area contributed by atoms with Crippen LogP contribution in [0.25, 0.3) is 0 Å². The van der Waals surface area contributed by atoms with Crippen molar-refractivity contribution >= 4 is 17.7 Å². The third kappa shape index (κ3) is 5.55. The van der Waals surface area contributed by atoms with Crippen molar-refractivity contribution in [3.8, 4) is 0 Å². The molecule has 1 fully saturated rings. The van der Waals surface area contributed by atoms with E-state index in [0.29, 0.717) is 38.7 Å². The molecule has 0 bridgehead atoms. The molecule has 2 aromatic rings. The van der Waals surface area contributed by atoms with Crippen molar-refractivity contribution in [2.45, 2.75) is 32.9 Å². The topological polar surface area (TPSA) is 70.6 Å². The highest BCUT2D eigenvalue weighted by atomic mass is 19.1. The summed E-state index contributed by atoms with van der Waals surface area (Å²) in [4.78, 5) is 24.7. The highest BCUT2D eigenvalue weighted by molar-refractivity contribution is 5.68. The molecule has 0 atom stereocenters. The Morgan fingerprint density at radius 3 is 2.29 bits per heavy atom. The van der Waals surface area contributed by atoms with Gasteiger partial charge in [-0.3, -0.25) is 0 Å². The molecular formula is C20H26FN5O2. The van der Waals surface area contributed by atoms with Crippen LogP contribution >= 0.6 is 0 Å². The second-order valence-corrected chi connectivity index (χ2v) is 7.71. The maximum Gasteiger partial charge on any atom is 0.410 e. The number of amides is 1. The summed E-state index contributed by atoms with van der Waals surface area (Å²) in [5.74, 6) is 0.388. The van der Waals surface area contributed by atoms with Gasteiger partial charge in [0.1, 0.15) is 11.4 Å². The molecule has 2 heterocycles. The first-order chi connectivity index (χ1) is 13.3. The van der Waals surface area contributed by atoms with E-state index in [0.717, 1.165) is 11.3 Å². The number of piperazine rings is 1. The van der Waals surface area contributed by atoms with E-state index in [2.05, 4.69) is 15.3 Å². The van der Waals surface area contributed by atoms with Crippen molar-refractivity contribution in [1.82, 2.24) is 14.9 Å². The highest BCUT2D eigenvalue weighted by Gasteiger charge is 2.26. The zero-order valence-corrected chi connectivity index (χ0v) is 16.5. The molecule has 1 N–H and O–H groups in total. The molecule has 0 aliphatic carbocycles. The van der Waals surface area contributed by atoms with Crippen molar-refractivity contribution in [2.75, 3.05) is 36.4 Å². The van der Waals surface area contributed by atoms with Crippen molar-refractivity contribution in [3.63, 3.8) is 0 Å². The lowest BCUT2D eigenvalue weighted by atomic mass is 10.2. The third-order valence-corrected chi connectivity index (χ3v) is 4.26. The number of rotatable bonds is 4. The second-order valence-electron chi connectivity index (χ2n) is 7.71. The van der Waals surface area contributed by atoms with E-state index in [-0.39, 0.29) is 11.9 Å². The van der Waals surface area contributed by atoms with Crippen molar-refractivity contribution in [2.24, 2.45) is 0 Å². The van der Waals surface area contributed by atoms with Crippen LogP contribution in [0.3, 0.4) is 0 Å². The van der Waals surface area contributed by atoms with Gasteiger partial charge in [-0.15, -0.1) is 0 Å². The Morgan fingerprint density at radius 2 is 1.71 bits per heavy atom. The summed E-state index contributed by atoms with van der Waals surface area (Å²) in [6.45, 7) is 8.61. The van der Waals surface area contributed by atoms with Crippen LogP contribution in [-0.4, -0.2) is 52.7 Å². The Kier molecular flexibility index (Phi) is 5.96. The molecule has 1 aromatic carbocycles. The first-order valence-electron chi connectivity index (χ1n) is 9.33. The molecule has 1 saturated heterocycles. The van der Waals surface area contributed by atoms with Gasteiger partial charge < -0.3 is 19.9 Å². The van der Waals surface area contributed by atoms with Gasteiger partial charge in [0.15, 0.2) is 0 Å². The summed E-state index contributed by atoms with van der Waals surface area (Å²) < 4.78 is 18.4. The number of carbonyl (C=O) groups is 1. The van der Waals surface area contributed by atoms with E-state index in [1.807, 2.05) is 25.7 Å². The van der Waals surface area contributed by atoms with Crippen LogP contribution < -0.4 is 10.2 Å². The third-order valence-electron chi connectivity index (χ3n) is 4.26. The Hall–Kier alpha value is -2.90. The van der Waals surface area contributed by atoms with Crippen LogP contribution in [0.5, 0.6) is 0 Å². The van der Waals surface area contributed by atoms with Crippen molar-refractivity contribution in [3.05, 3.63) is 48.0 Å². The molecule has 1 aliphatic heterocycles. The van der Waals surface area contributed by atoms with Crippen LogP contribution in [0, 0.1) is 5.82 Å². The average molecular weight is 387 g/mol. The van der Waals surface area contributed by atoms with Crippen LogP contribution in [0.1, 0.15) is 26.3 Å². The highest BCUT2D eigenvalue weighted by Crippen LogP contribution is 2.16. The fourth-order valence-electron chi connectivity index (χ4n) is 2.80. The maximum absolute atomic E-state index is 12.9. The normalized spacial score (nSPS) is 14.7. The van der Waals surface area contributed by atoms with Gasteiger partial charge in [0.25, 0.3) is 0 Å². The smallest absolute Gasteiger partial charge is 0.410 e. The van der Waals surface area contributed by atoms with Crippen LogP contribution in [-0.2, 0) is 11.3 Å². The predicted octanol–water partition coefficient (Wildman–Crippen LogP) is 3.28. The van der Waals surface area contributed by atoms with Gasteiger partial charge in [-0.2, -0.15) is 0 Å². The number of halogens is 1. The molecule has 1 aromatic heterocycles. The van der Waals surface area contributed by atoms with Crippen molar-refractivity contribution in [1.29, 1.82) is 0 Å². The molecule has 28 heavy (non-hydrogen) atoms. The first kappa shape index (κ1) is 19.9. The number of benzene rings is 1. The molecule has 0 radical (unpaired) electrons. The number of ether oxygens (including phenoxy) is 1. The fourth-order valence-corrected chi connectivity index (χ4v) is 2.80. The van der Waals surface area contributed by atoms with Gasteiger partial charge in [0.05, 0.1) is 18.1 Å². The number of hydrogen-bond acceptors (Lipinski definition) is 6. The summed E-state index contributed by atoms with van der Waals surface area (Å²) in [5, 5.41) is 3.22. The van der Waals surface area contributed by atoms with Crippen LogP contribution in [0.2, 0.25) is 0 Å². The van der Waals surface area contributed by atoms with E-state index in [1.54, 1.807) is 29.4 Å². The molecule has 1 aliphatic rings. The van der Waals surface area contributed by atoms with E-state index in [1.165, 1.54) is 12.1 Å². The Labute approximate surface area is 164 Å². The SMILES string of the molecule is CC(C)(C)OC(=O)N1CCN(c2ncc(NCc3ccc(F)cc3)cn2)CC1. The van der Waals surface area contributed by atoms with E-state index in [9.17, 15) is 9.18 Å². The molecule has 150 valence electrons. The standard InChI is InChI=1S/C20H26FN5O2/c1-20(2,3)28-19(27)26-10-8-25(9-11-26)18-23-13-17(14-24-18)22-12-15-4-6-16(21)7-5-15/h4-7,13-14,22H,8-12H2,1-3H3. The van der Waals surface area contributed by atoms with E-state index < -0.39 is 5.60 Å². The zero-order valence-electron chi connectivity index (χ0n) is 16.5. The summed E-state index contributed by atoms with van der Waals surface area (Å²) in [7, 11) is 0. The molecule has 0 unspecified atom stereocenters. The Morgan fingerprint density at radius 1 is 1.11 bits per heavy atom.